The minimum absolute atomic E-state index is 0.109. The van der Waals surface area contributed by atoms with Crippen LogP contribution in [0.2, 0.25) is 0 Å². The van der Waals surface area contributed by atoms with Crippen molar-refractivity contribution in [1.29, 1.82) is 0 Å². The largest absolute Gasteiger partial charge is 0.393 e. The number of aliphatic hydroxyl groups excluding tert-OH is 1. The summed E-state index contributed by atoms with van der Waals surface area (Å²) in [5.74, 6) is 0. The first-order valence-electron chi connectivity index (χ1n) is 8.85. The number of nitrogens with one attached hydrogen (secondary N) is 2. The second kappa shape index (κ2) is 8.49. The average Bonchev–Trinajstić information content (AvgIpc) is 2.52. The number of urea groups is 1. The molecule has 134 valence electrons. The Morgan fingerprint density at radius 3 is 2.71 bits per heavy atom. The normalized spacial score (nSPS) is 16.3. The molecule has 1 aliphatic rings. The molecule has 2 amide bonds. The summed E-state index contributed by atoms with van der Waals surface area (Å²) in [4.78, 5) is 14.3. The number of rotatable bonds is 7. The highest BCUT2D eigenvalue weighted by Gasteiger charge is 2.21. The first-order valence-corrected chi connectivity index (χ1v) is 8.85. The van der Waals surface area contributed by atoms with Crippen LogP contribution in [-0.4, -0.2) is 48.3 Å². The molecule has 1 unspecified atom stereocenters. The lowest BCUT2D eigenvalue weighted by atomic mass is 9.87. The second-order valence-corrected chi connectivity index (χ2v) is 7.62. The van der Waals surface area contributed by atoms with Crippen molar-refractivity contribution in [2.24, 2.45) is 5.41 Å². The van der Waals surface area contributed by atoms with E-state index in [1.54, 1.807) is 6.92 Å². The maximum absolute atomic E-state index is 11.9. The molecule has 0 aromatic heterocycles. The van der Waals surface area contributed by atoms with Gasteiger partial charge in [-0.15, -0.1) is 0 Å². The van der Waals surface area contributed by atoms with E-state index in [1.807, 2.05) is 13.8 Å². The number of carbonyl (C=O) groups excluding carboxylic acids is 1. The summed E-state index contributed by atoms with van der Waals surface area (Å²) in [5, 5.41) is 15.3. The van der Waals surface area contributed by atoms with Gasteiger partial charge in [0.15, 0.2) is 0 Å². The summed E-state index contributed by atoms with van der Waals surface area (Å²) >= 11 is 0. The number of hydrogen-bond donors (Lipinski definition) is 3. The number of nitrogens with zero attached hydrogens (tertiary/aromatic N) is 1. The molecule has 1 aromatic carbocycles. The fourth-order valence-electron chi connectivity index (χ4n) is 3.33. The van der Waals surface area contributed by atoms with E-state index >= 15 is 0 Å². The third-order valence-electron chi connectivity index (χ3n) is 4.50. The molecule has 5 heteroatoms. The van der Waals surface area contributed by atoms with E-state index in [2.05, 4.69) is 39.8 Å². The second-order valence-electron chi connectivity index (χ2n) is 7.62. The van der Waals surface area contributed by atoms with Crippen LogP contribution >= 0.6 is 0 Å². The van der Waals surface area contributed by atoms with Crippen LogP contribution in [0.5, 0.6) is 0 Å². The van der Waals surface area contributed by atoms with Crippen molar-refractivity contribution in [2.45, 2.75) is 46.3 Å². The van der Waals surface area contributed by atoms with Crippen LogP contribution in [0.4, 0.5) is 4.79 Å². The van der Waals surface area contributed by atoms with Gasteiger partial charge in [-0.1, -0.05) is 38.1 Å². The predicted octanol–water partition coefficient (Wildman–Crippen LogP) is 2.14. The molecule has 0 fully saturated rings. The zero-order valence-electron chi connectivity index (χ0n) is 15.1. The maximum atomic E-state index is 11.9. The zero-order chi connectivity index (χ0) is 17.6. The monoisotopic (exact) mass is 333 g/mol. The Labute approximate surface area is 145 Å². The number of fused-ring (bicyclic) bond motifs is 1. The Hall–Kier alpha value is -1.59. The number of aliphatic hydroxyl groups is 1. The molecule has 0 spiro atoms. The van der Waals surface area contributed by atoms with Gasteiger partial charge >= 0.3 is 6.03 Å². The minimum atomic E-state index is -0.355. The highest BCUT2D eigenvalue weighted by atomic mass is 16.3. The van der Waals surface area contributed by atoms with E-state index < -0.39 is 0 Å². The molecule has 0 saturated carbocycles. The van der Waals surface area contributed by atoms with Gasteiger partial charge in [0.2, 0.25) is 0 Å². The molecule has 1 atom stereocenters. The molecule has 24 heavy (non-hydrogen) atoms. The summed E-state index contributed by atoms with van der Waals surface area (Å²) in [6, 6.07) is 8.44. The van der Waals surface area contributed by atoms with Crippen LogP contribution in [-0.2, 0) is 13.0 Å². The van der Waals surface area contributed by atoms with Gasteiger partial charge in [-0.2, -0.15) is 0 Å². The molecular formula is C19H31N3O2. The van der Waals surface area contributed by atoms with Gasteiger partial charge in [-0.3, -0.25) is 4.90 Å². The Morgan fingerprint density at radius 1 is 1.29 bits per heavy atom. The Morgan fingerprint density at radius 2 is 2.00 bits per heavy atom. The van der Waals surface area contributed by atoms with Gasteiger partial charge in [0.05, 0.1) is 6.10 Å². The zero-order valence-corrected chi connectivity index (χ0v) is 15.1. The van der Waals surface area contributed by atoms with Gasteiger partial charge in [-0.25, -0.2) is 4.79 Å². The van der Waals surface area contributed by atoms with E-state index in [9.17, 15) is 9.90 Å². The van der Waals surface area contributed by atoms with Gasteiger partial charge in [0.1, 0.15) is 0 Å². The molecule has 1 aromatic rings. The lowest BCUT2D eigenvalue weighted by Crippen LogP contribution is -2.44. The summed E-state index contributed by atoms with van der Waals surface area (Å²) in [5.41, 5.74) is 2.73. The SMILES string of the molecule is CC(O)CC(C)(C)CNC(=O)NCCN1CCc2ccccc2C1. The smallest absolute Gasteiger partial charge is 0.314 e. The van der Waals surface area contributed by atoms with Gasteiger partial charge in [0, 0.05) is 32.7 Å². The molecule has 3 N–H and O–H groups in total. The lowest BCUT2D eigenvalue weighted by Gasteiger charge is -2.29. The van der Waals surface area contributed by atoms with Crippen molar-refractivity contribution >= 4 is 6.03 Å². The maximum Gasteiger partial charge on any atom is 0.314 e. The highest BCUT2D eigenvalue weighted by Crippen LogP contribution is 2.21. The first-order chi connectivity index (χ1) is 11.4. The van der Waals surface area contributed by atoms with Crippen molar-refractivity contribution < 1.29 is 9.90 Å². The van der Waals surface area contributed by atoms with Crippen molar-refractivity contribution in [2.75, 3.05) is 26.2 Å². The van der Waals surface area contributed by atoms with Gasteiger partial charge < -0.3 is 15.7 Å². The van der Waals surface area contributed by atoms with Crippen molar-refractivity contribution in [3.05, 3.63) is 35.4 Å². The molecule has 0 radical (unpaired) electrons. The van der Waals surface area contributed by atoms with Crippen LogP contribution in [0.25, 0.3) is 0 Å². The minimum Gasteiger partial charge on any atom is -0.393 e. The van der Waals surface area contributed by atoms with Crippen molar-refractivity contribution in [1.82, 2.24) is 15.5 Å². The quantitative estimate of drug-likeness (QED) is 0.716. The van der Waals surface area contributed by atoms with Crippen LogP contribution in [0.1, 0.15) is 38.3 Å². The highest BCUT2D eigenvalue weighted by molar-refractivity contribution is 5.73. The molecule has 5 nitrogen and oxygen atoms in total. The molecule has 0 bridgehead atoms. The molecule has 1 aliphatic heterocycles. The van der Waals surface area contributed by atoms with Crippen molar-refractivity contribution in [3.63, 3.8) is 0 Å². The number of hydrogen-bond acceptors (Lipinski definition) is 3. The summed E-state index contributed by atoms with van der Waals surface area (Å²) in [6.07, 6.45) is 1.39. The van der Waals surface area contributed by atoms with Crippen molar-refractivity contribution in [3.8, 4) is 0 Å². The Balaban J connectivity index is 1.65. The van der Waals surface area contributed by atoms with E-state index in [-0.39, 0.29) is 17.6 Å². The molecule has 2 rings (SSSR count). The fraction of sp³-hybridized carbons (Fsp3) is 0.632. The van der Waals surface area contributed by atoms with Gasteiger partial charge in [-0.05, 0) is 36.3 Å². The van der Waals surface area contributed by atoms with Crippen LogP contribution < -0.4 is 10.6 Å². The topological polar surface area (TPSA) is 64.6 Å². The van der Waals surface area contributed by atoms with E-state index in [1.165, 1.54) is 11.1 Å². The Bertz CT molecular complexity index is 543. The molecular weight excluding hydrogens is 302 g/mol. The summed E-state index contributed by atoms with van der Waals surface area (Å²) in [6.45, 7) is 9.93. The number of amides is 2. The molecule has 1 heterocycles. The van der Waals surface area contributed by atoms with Gasteiger partial charge in [0.25, 0.3) is 0 Å². The van der Waals surface area contributed by atoms with E-state index in [0.717, 1.165) is 26.1 Å². The predicted molar refractivity (Wildman–Crippen MR) is 96.9 cm³/mol. The number of benzene rings is 1. The fourth-order valence-corrected chi connectivity index (χ4v) is 3.33. The molecule has 0 saturated heterocycles. The van der Waals surface area contributed by atoms with Crippen LogP contribution in [0.15, 0.2) is 24.3 Å². The summed E-state index contributed by atoms with van der Waals surface area (Å²) in [7, 11) is 0. The standard InChI is InChI=1S/C19H31N3O2/c1-15(23)12-19(2,3)14-21-18(24)20-9-11-22-10-8-16-6-4-5-7-17(16)13-22/h4-7,15,23H,8-14H2,1-3H3,(H2,20,21,24). The van der Waals surface area contributed by atoms with Crippen LogP contribution in [0, 0.1) is 5.41 Å². The van der Waals surface area contributed by atoms with E-state index in [0.29, 0.717) is 19.5 Å². The Kier molecular flexibility index (Phi) is 6.63. The van der Waals surface area contributed by atoms with E-state index in [4.69, 9.17) is 0 Å². The summed E-state index contributed by atoms with van der Waals surface area (Å²) < 4.78 is 0. The third kappa shape index (κ3) is 6.13. The molecule has 0 aliphatic carbocycles. The average molecular weight is 333 g/mol. The number of carbonyl (C=O) groups is 1. The first kappa shape index (κ1) is 18.7. The van der Waals surface area contributed by atoms with Crippen LogP contribution in [0.3, 0.4) is 0 Å². The lowest BCUT2D eigenvalue weighted by molar-refractivity contribution is 0.128. The third-order valence-corrected chi connectivity index (χ3v) is 4.50.